The van der Waals surface area contributed by atoms with E-state index < -0.39 is 4.92 Å². The van der Waals surface area contributed by atoms with Crippen LogP contribution in [0.15, 0.2) is 83.5 Å². The van der Waals surface area contributed by atoms with Gasteiger partial charge in [0.05, 0.1) is 28.5 Å². The van der Waals surface area contributed by atoms with Crippen molar-refractivity contribution < 1.29 is 14.2 Å². The second kappa shape index (κ2) is 9.93. The van der Waals surface area contributed by atoms with E-state index in [1.54, 1.807) is 12.1 Å². The van der Waals surface area contributed by atoms with E-state index >= 15 is 0 Å². The molecular weight excluding hydrogens is 458 g/mol. The molecule has 0 fully saturated rings. The van der Waals surface area contributed by atoms with Gasteiger partial charge < -0.3 is 13.8 Å². The molecule has 0 radical (unpaired) electrons. The number of nitro groups is 1. The van der Waals surface area contributed by atoms with Crippen molar-refractivity contribution in [3.05, 3.63) is 112 Å². The molecule has 2 aromatic carbocycles. The Bertz CT molecular complexity index is 1510. The summed E-state index contributed by atoms with van der Waals surface area (Å²) in [5, 5.41) is 15.4. The standard InChI is InChI=1S/C27H23N5O4/c1-18-7-6-10-21(28-18)16-35-17-25-29-24(15-31(25)22-11-13-23(14-12-22)32(33)34)26-19(2)36-30-27(26)20-8-4-3-5-9-20/h3-15H,16-17H2,1-2H3. The molecule has 36 heavy (non-hydrogen) atoms. The highest BCUT2D eigenvalue weighted by Gasteiger charge is 2.21. The number of imidazole rings is 1. The number of hydrogen-bond acceptors (Lipinski definition) is 7. The molecule has 180 valence electrons. The maximum Gasteiger partial charge on any atom is 0.269 e. The number of ether oxygens (including phenoxy) is 1. The second-order valence-corrected chi connectivity index (χ2v) is 8.28. The van der Waals surface area contributed by atoms with Gasteiger partial charge in [-0.2, -0.15) is 0 Å². The van der Waals surface area contributed by atoms with E-state index in [1.165, 1.54) is 12.1 Å². The Hall–Kier alpha value is -4.63. The van der Waals surface area contributed by atoms with E-state index in [0.717, 1.165) is 28.2 Å². The summed E-state index contributed by atoms with van der Waals surface area (Å²) in [6, 6.07) is 21.9. The fourth-order valence-corrected chi connectivity index (χ4v) is 3.99. The maximum atomic E-state index is 11.1. The van der Waals surface area contributed by atoms with Gasteiger partial charge in [-0.15, -0.1) is 0 Å². The molecule has 5 rings (SSSR count). The number of aryl methyl sites for hydroxylation is 2. The second-order valence-electron chi connectivity index (χ2n) is 8.28. The minimum absolute atomic E-state index is 0.0173. The zero-order valence-corrected chi connectivity index (χ0v) is 19.8. The first-order valence-electron chi connectivity index (χ1n) is 11.3. The summed E-state index contributed by atoms with van der Waals surface area (Å²) in [7, 11) is 0. The van der Waals surface area contributed by atoms with Crippen molar-refractivity contribution in [2.24, 2.45) is 0 Å². The number of pyridine rings is 1. The van der Waals surface area contributed by atoms with Crippen LogP contribution in [0.3, 0.4) is 0 Å². The Kier molecular flexibility index (Phi) is 6.38. The third-order valence-corrected chi connectivity index (χ3v) is 5.71. The van der Waals surface area contributed by atoms with Gasteiger partial charge in [0.2, 0.25) is 0 Å². The summed E-state index contributed by atoms with van der Waals surface area (Å²) in [6.07, 6.45) is 1.87. The molecule has 0 aliphatic rings. The predicted octanol–water partition coefficient (Wildman–Crippen LogP) is 5.83. The molecule has 0 bridgehead atoms. The molecule has 3 aromatic heterocycles. The smallest absolute Gasteiger partial charge is 0.269 e. The van der Waals surface area contributed by atoms with Crippen molar-refractivity contribution in [2.45, 2.75) is 27.1 Å². The molecule has 0 unspecified atom stereocenters. The van der Waals surface area contributed by atoms with Crippen LogP contribution in [0.1, 0.15) is 23.0 Å². The number of nitrogens with zero attached hydrogens (tertiary/aromatic N) is 5. The lowest BCUT2D eigenvalue weighted by molar-refractivity contribution is -0.384. The summed E-state index contributed by atoms with van der Waals surface area (Å²) >= 11 is 0. The van der Waals surface area contributed by atoms with E-state index in [1.807, 2.05) is 73.1 Å². The number of non-ortho nitro benzene ring substituents is 1. The minimum Gasteiger partial charge on any atom is -0.367 e. The van der Waals surface area contributed by atoms with Crippen LogP contribution < -0.4 is 0 Å². The number of hydrogen-bond donors (Lipinski definition) is 0. The van der Waals surface area contributed by atoms with Crippen LogP contribution in [-0.4, -0.2) is 24.6 Å². The first kappa shape index (κ1) is 23.1. The van der Waals surface area contributed by atoms with Gasteiger partial charge in [0.25, 0.3) is 5.69 Å². The van der Waals surface area contributed by atoms with Crippen LogP contribution in [0.4, 0.5) is 5.69 Å². The van der Waals surface area contributed by atoms with E-state index in [0.29, 0.717) is 29.6 Å². The van der Waals surface area contributed by atoms with E-state index in [4.69, 9.17) is 14.2 Å². The molecule has 5 aromatic rings. The molecule has 0 spiro atoms. The van der Waals surface area contributed by atoms with Crippen molar-refractivity contribution in [3.8, 4) is 28.2 Å². The molecular formula is C27H23N5O4. The molecule has 9 heteroatoms. The van der Waals surface area contributed by atoms with Gasteiger partial charge in [-0.1, -0.05) is 41.6 Å². The van der Waals surface area contributed by atoms with E-state index in [9.17, 15) is 10.1 Å². The van der Waals surface area contributed by atoms with Crippen LogP contribution in [-0.2, 0) is 18.0 Å². The Morgan fingerprint density at radius 3 is 2.44 bits per heavy atom. The molecule has 0 saturated heterocycles. The molecule has 0 amide bonds. The fourth-order valence-electron chi connectivity index (χ4n) is 3.99. The highest BCUT2D eigenvalue weighted by Crippen LogP contribution is 2.34. The largest absolute Gasteiger partial charge is 0.367 e. The molecule has 9 nitrogen and oxygen atoms in total. The monoisotopic (exact) mass is 481 g/mol. The van der Waals surface area contributed by atoms with Crippen LogP contribution in [0.25, 0.3) is 28.2 Å². The van der Waals surface area contributed by atoms with Gasteiger partial charge in [0, 0.05) is 35.3 Å². The van der Waals surface area contributed by atoms with Gasteiger partial charge >= 0.3 is 0 Å². The fraction of sp³-hybridized carbons (Fsp3) is 0.148. The molecule has 0 aliphatic heterocycles. The molecule has 0 saturated carbocycles. The Balaban J connectivity index is 1.52. The van der Waals surface area contributed by atoms with Gasteiger partial charge in [0.1, 0.15) is 23.9 Å². The topological polar surface area (TPSA) is 109 Å². The zero-order valence-electron chi connectivity index (χ0n) is 19.8. The number of nitro benzene ring substituents is 1. The number of benzene rings is 2. The average molecular weight is 482 g/mol. The van der Waals surface area contributed by atoms with Crippen LogP contribution in [0.5, 0.6) is 0 Å². The Labute approximate surface area is 207 Å². The van der Waals surface area contributed by atoms with Crippen molar-refractivity contribution in [3.63, 3.8) is 0 Å². The van der Waals surface area contributed by atoms with Crippen molar-refractivity contribution in [1.29, 1.82) is 0 Å². The molecule has 0 N–H and O–H groups in total. The number of aromatic nitrogens is 4. The van der Waals surface area contributed by atoms with Crippen LogP contribution >= 0.6 is 0 Å². The van der Waals surface area contributed by atoms with Crippen LogP contribution in [0, 0.1) is 24.0 Å². The summed E-state index contributed by atoms with van der Waals surface area (Å²) in [5.74, 6) is 1.27. The quantitative estimate of drug-likeness (QED) is 0.203. The zero-order chi connectivity index (χ0) is 25.1. The summed E-state index contributed by atoms with van der Waals surface area (Å²) in [6.45, 7) is 4.31. The lowest BCUT2D eigenvalue weighted by atomic mass is 10.0. The summed E-state index contributed by atoms with van der Waals surface area (Å²) in [4.78, 5) is 20.0. The van der Waals surface area contributed by atoms with Gasteiger partial charge in [-0.3, -0.25) is 15.1 Å². The van der Waals surface area contributed by atoms with Crippen molar-refractivity contribution in [1.82, 2.24) is 19.7 Å². The SMILES string of the molecule is Cc1cccc(COCc2nc(-c3c(-c4ccccc4)noc3C)cn2-c2ccc([N+](=O)[O-])cc2)n1. The molecule has 0 aliphatic carbocycles. The van der Waals surface area contributed by atoms with E-state index in [2.05, 4.69) is 10.1 Å². The normalized spacial score (nSPS) is 11.1. The molecule has 0 atom stereocenters. The number of rotatable bonds is 8. The first-order chi connectivity index (χ1) is 17.5. The average Bonchev–Trinajstić information content (AvgIpc) is 3.48. The van der Waals surface area contributed by atoms with Crippen molar-refractivity contribution in [2.75, 3.05) is 0 Å². The highest BCUT2D eigenvalue weighted by molar-refractivity contribution is 5.80. The first-order valence-corrected chi connectivity index (χ1v) is 11.3. The van der Waals surface area contributed by atoms with Crippen LogP contribution in [0.2, 0.25) is 0 Å². The molecule has 3 heterocycles. The Morgan fingerprint density at radius 1 is 0.944 bits per heavy atom. The lowest BCUT2D eigenvalue weighted by Gasteiger charge is -2.08. The van der Waals surface area contributed by atoms with E-state index in [-0.39, 0.29) is 12.3 Å². The third-order valence-electron chi connectivity index (χ3n) is 5.71. The minimum atomic E-state index is -0.422. The van der Waals surface area contributed by atoms with Crippen molar-refractivity contribution >= 4 is 5.69 Å². The third kappa shape index (κ3) is 4.77. The lowest BCUT2D eigenvalue weighted by Crippen LogP contribution is -2.04. The summed E-state index contributed by atoms with van der Waals surface area (Å²) < 4.78 is 13.4. The predicted molar refractivity (Wildman–Crippen MR) is 133 cm³/mol. The maximum absolute atomic E-state index is 11.1. The van der Waals surface area contributed by atoms with Gasteiger partial charge in [0.15, 0.2) is 0 Å². The Morgan fingerprint density at radius 2 is 1.72 bits per heavy atom. The van der Waals surface area contributed by atoms with Gasteiger partial charge in [-0.25, -0.2) is 4.98 Å². The highest BCUT2D eigenvalue weighted by atomic mass is 16.6. The van der Waals surface area contributed by atoms with Gasteiger partial charge in [-0.05, 0) is 38.1 Å². The summed E-state index contributed by atoms with van der Waals surface area (Å²) in [5.41, 5.74) is 5.54.